The van der Waals surface area contributed by atoms with Crippen LogP contribution in [0.3, 0.4) is 0 Å². The summed E-state index contributed by atoms with van der Waals surface area (Å²) in [4.78, 5) is 28.3. The Hall–Kier alpha value is -4.00. The lowest BCUT2D eigenvalue weighted by molar-refractivity contribution is -0.122. The van der Waals surface area contributed by atoms with Crippen LogP contribution in [0.25, 0.3) is 0 Å². The molecule has 7 nitrogen and oxygen atoms in total. The van der Waals surface area contributed by atoms with Crippen LogP contribution in [0.2, 0.25) is 0 Å². The molecule has 1 aliphatic heterocycles. The topological polar surface area (TPSA) is 77.1 Å². The minimum atomic E-state index is -0.599. The standard InChI is InChI=1S/C26H26N2O5/c1-31-19-12-8-17(9-13-19)25-21(26(30)27-22-6-4-5-7-23(22)33-3)16-24(29)28(25)18-10-14-20(32-2)15-11-18/h4-15,21,25H,16H2,1-3H3,(H,27,30). The van der Waals surface area contributed by atoms with Gasteiger partial charge in [-0.2, -0.15) is 0 Å². The summed E-state index contributed by atoms with van der Waals surface area (Å²) in [6.45, 7) is 0. The fraction of sp³-hybridized carbons (Fsp3) is 0.231. The lowest BCUT2D eigenvalue weighted by Crippen LogP contribution is -2.32. The molecule has 1 saturated heterocycles. The van der Waals surface area contributed by atoms with E-state index in [1.807, 2.05) is 48.5 Å². The van der Waals surface area contributed by atoms with E-state index >= 15 is 0 Å². The van der Waals surface area contributed by atoms with Crippen molar-refractivity contribution in [3.05, 3.63) is 78.4 Å². The van der Waals surface area contributed by atoms with Crippen molar-refractivity contribution >= 4 is 23.2 Å². The van der Waals surface area contributed by atoms with Crippen LogP contribution in [0.5, 0.6) is 17.2 Å². The third kappa shape index (κ3) is 4.48. The molecule has 33 heavy (non-hydrogen) atoms. The Balaban J connectivity index is 1.71. The van der Waals surface area contributed by atoms with E-state index in [1.54, 1.807) is 50.5 Å². The molecule has 2 amide bonds. The highest BCUT2D eigenvalue weighted by atomic mass is 16.5. The molecule has 0 aliphatic carbocycles. The van der Waals surface area contributed by atoms with Crippen LogP contribution >= 0.6 is 0 Å². The van der Waals surface area contributed by atoms with E-state index in [0.29, 0.717) is 28.6 Å². The Morgan fingerprint density at radius 1 is 0.848 bits per heavy atom. The summed E-state index contributed by atoms with van der Waals surface area (Å²) >= 11 is 0. The van der Waals surface area contributed by atoms with Gasteiger partial charge in [0.15, 0.2) is 0 Å². The molecular weight excluding hydrogens is 420 g/mol. The van der Waals surface area contributed by atoms with Crippen molar-refractivity contribution < 1.29 is 23.8 Å². The summed E-state index contributed by atoms with van der Waals surface area (Å²) in [5.41, 5.74) is 2.11. The summed E-state index contributed by atoms with van der Waals surface area (Å²) in [5.74, 6) is 0.984. The number of para-hydroxylation sites is 2. The number of rotatable bonds is 7. The molecule has 4 rings (SSSR count). The first-order chi connectivity index (χ1) is 16.0. The van der Waals surface area contributed by atoms with Crippen LogP contribution in [-0.2, 0) is 9.59 Å². The molecule has 2 unspecified atom stereocenters. The van der Waals surface area contributed by atoms with Gasteiger partial charge in [0.1, 0.15) is 17.2 Å². The van der Waals surface area contributed by atoms with Crippen molar-refractivity contribution in [2.24, 2.45) is 5.92 Å². The molecule has 1 aliphatic rings. The van der Waals surface area contributed by atoms with Crippen LogP contribution in [-0.4, -0.2) is 33.1 Å². The van der Waals surface area contributed by atoms with Gasteiger partial charge in [-0.25, -0.2) is 0 Å². The second-order valence-corrected chi connectivity index (χ2v) is 7.68. The smallest absolute Gasteiger partial charge is 0.230 e. The predicted octanol–water partition coefficient (Wildman–Crippen LogP) is 4.45. The molecule has 3 aromatic rings. The highest BCUT2D eigenvalue weighted by Gasteiger charge is 2.45. The molecule has 1 fully saturated rings. The van der Waals surface area contributed by atoms with Crippen LogP contribution in [0.1, 0.15) is 18.0 Å². The number of methoxy groups -OCH3 is 3. The third-order valence-electron chi connectivity index (χ3n) is 5.83. The van der Waals surface area contributed by atoms with Gasteiger partial charge in [0.2, 0.25) is 11.8 Å². The molecule has 3 aromatic carbocycles. The summed E-state index contributed by atoms with van der Waals surface area (Å²) in [5, 5.41) is 2.95. The molecule has 0 radical (unpaired) electrons. The highest BCUT2D eigenvalue weighted by Crippen LogP contribution is 2.43. The molecule has 0 bridgehead atoms. The number of carbonyl (C=O) groups is 2. The number of amides is 2. The van der Waals surface area contributed by atoms with Crippen LogP contribution < -0.4 is 24.4 Å². The second-order valence-electron chi connectivity index (χ2n) is 7.68. The van der Waals surface area contributed by atoms with E-state index in [1.165, 1.54) is 0 Å². The van der Waals surface area contributed by atoms with Crippen molar-refractivity contribution in [1.82, 2.24) is 0 Å². The Kier molecular flexibility index (Phi) is 6.49. The van der Waals surface area contributed by atoms with Crippen molar-refractivity contribution in [3.8, 4) is 17.2 Å². The number of nitrogens with one attached hydrogen (secondary N) is 1. The minimum absolute atomic E-state index is 0.0870. The zero-order chi connectivity index (χ0) is 23.4. The summed E-state index contributed by atoms with van der Waals surface area (Å²) in [7, 11) is 4.74. The quantitative estimate of drug-likeness (QED) is 0.580. The van der Waals surface area contributed by atoms with Crippen LogP contribution in [0.15, 0.2) is 72.8 Å². The second kappa shape index (κ2) is 9.65. The molecule has 2 atom stereocenters. The van der Waals surface area contributed by atoms with Gasteiger partial charge in [-0.05, 0) is 54.1 Å². The molecule has 7 heteroatoms. The van der Waals surface area contributed by atoms with E-state index in [-0.39, 0.29) is 18.2 Å². The minimum Gasteiger partial charge on any atom is -0.497 e. The number of carbonyl (C=O) groups excluding carboxylic acids is 2. The number of benzene rings is 3. The Morgan fingerprint density at radius 2 is 1.45 bits per heavy atom. The largest absolute Gasteiger partial charge is 0.497 e. The van der Waals surface area contributed by atoms with Crippen LogP contribution in [0.4, 0.5) is 11.4 Å². The Bertz CT molecular complexity index is 1130. The number of hydrogen-bond donors (Lipinski definition) is 1. The molecule has 0 spiro atoms. The first-order valence-corrected chi connectivity index (χ1v) is 10.6. The van der Waals surface area contributed by atoms with Gasteiger partial charge in [-0.15, -0.1) is 0 Å². The maximum Gasteiger partial charge on any atom is 0.230 e. The van der Waals surface area contributed by atoms with Gasteiger partial charge < -0.3 is 24.4 Å². The maximum absolute atomic E-state index is 13.4. The molecule has 0 aromatic heterocycles. The van der Waals surface area contributed by atoms with Gasteiger partial charge in [0, 0.05) is 12.1 Å². The number of anilines is 2. The maximum atomic E-state index is 13.4. The van der Waals surface area contributed by atoms with Gasteiger partial charge in [-0.3, -0.25) is 9.59 Å². The van der Waals surface area contributed by atoms with Gasteiger partial charge in [0.25, 0.3) is 0 Å². The third-order valence-corrected chi connectivity index (χ3v) is 5.83. The van der Waals surface area contributed by atoms with E-state index in [2.05, 4.69) is 5.32 Å². The average molecular weight is 447 g/mol. The molecule has 1 N–H and O–H groups in total. The number of ether oxygens (including phenoxy) is 3. The molecule has 0 saturated carbocycles. The Morgan fingerprint density at radius 3 is 2.06 bits per heavy atom. The zero-order valence-corrected chi connectivity index (χ0v) is 18.8. The summed E-state index contributed by atoms with van der Waals surface area (Å²) in [6.07, 6.45) is 0.0870. The molecule has 1 heterocycles. The van der Waals surface area contributed by atoms with Crippen molar-refractivity contribution in [3.63, 3.8) is 0 Å². The van der Waals surface area contributed by atoms with E-state index in [9.17, 15) is 9.59 Å². The van der Waals surface area contributed by atoms with E-state index in [4.69, 9.17) is 14.2 Å². The van der Waals surface area contributed by atoms with Gasteiger partial charge in [-0.1, -0.05) is 24.3 Å². The van der Waals surface area contributed by atoms with Crippen molar-refractivity contribution in [1.29, 1.82) is 0 Å². The zero-order valence-electron chi connectivity index (χ0n) is 18.8. The molecular formula is C26H26N2O5. The normalized spacial score (nSPS) is 17.5. The first kappa shape index (κ1) is 22.2. The van der Waals surface area contributed by atoms with Gasteiger partial charge in [0.05, 0.1) is 39.0 Å². The van der Waals surface area contributed by atoms with Crippen molar-refractivity contribution in [2.75, 3.05) is 31.5 Å². The fourth-order valence-corrected chi connectivity index (χ4v) is 4.17. The highest BCUT2D eigenvalue weighted by molar-refractivity contribution is 6.05. The summed E-state index contributed by atoms with van der Waals surface area (Å²) in [6, 6.07) is 21.4. The van der Waals surface area contributed by atoms with Crippen LogP contribution in [0, 0.1) is 5.92 Å². The fourth-order valence-electron chi connectivity index (χ4n) is 4.17. The van der Waals surface area contributed by atoms with Crippen molar-refractivity contribution in [2.45, 2.75) is 12.5 Å². The summed E-state index contributed by atoms with van der Waals surface area (Å²) < 4.78 is 15.9. The van der Waals surface area contributed by atoms with Gasteiger partial charge >= 0.3 is 0 Å². The monoisotopic (exact) mass is 446 g/mol. The number of hydrogen-bond acceptors (Lipinski definition) is 5. The average Bonchev–Trinajstić information content (AvgIpc) is 3.21. The predicted molar refractivity (Wildman–Crippen MR) is 126 cm³/mol. The van der Waals surface area contributed by atoms with E-state index in [0.717, 1.165) is 5.56 Å². The number of nitrogens with zero attached hydrogens (tertiary/aromatic N) is 1. The lowest BCUT2D eigenvalue weighted by atomic mass is 9.92. The lowest BCUT2D eigenvalue weighted by Gasteiger charge is -2.28. The first-order valence-electron chi connectivity index (χ1n) is 10.6. The molecule has 170 valence electrons. The van der Waals surface area contributed by atoms with E-state index < -0.39 is 12.0 Å². The Labute approximate surface area is 192 Å². The SMILES string of the molecule is COc1ccc(C2C(C(=O)Nc3ccccc3OC)CC(=O)N2c2ccc(OC)cc2)cc1.